The van der Waals surface area contributed by atoms with Gasteiger partial charge in [-0.25, -0.2) is 4.98 Å². The van der Waals surface area contributed by atoms with Crippen LogP contribution in [0.4, 0.5) is 0 Å². The van der Waals surface area contributed by atoms with Gasteiger partial charge in [-0.1, -0.05) is 31.4 Å². The predicted octanol–water partition coefficient (Wildman–Crippen LogP) is 6.63. The lowest BCUT2D eigenvalue weighted by atomic mass is 9.78. The number of aromatic nitrogens is 2. The summed E-state index contributed by atoms with van der Waals surface area (Å²) in [5, 5.41) is 10.4. The van der Waals surface area contributed by atoms with Crippen LogP contribution in [0.25, 0.3) is 11.0 Å². The average Bonchev–Trinajstić information content (AvgIpc) is 3.27. The number of Topliss-reactive ketones (excluding diaryl/α,β-unsaturated/α-hetero) is 1. The van der Waals surface area contributed by atoms with Crippen LogP contribution in [-0.4, -0.2) is 38.2 Å². The van der Waals surface area contributed by atoms with E-state index in [4.69, 9.17) is 4.98 Å². The van der Waals surface area contributed by atoms with Gasteiger partial charge in [0.25, 0.3) is 0 Å². The summed E-state index contributed by atoms with van der Waals surface area (Å²) in [5.74, 6) is 1.18. The Labute approximate surface area is 232 Å². The van der Waals surface area contributed by atoms with Gasteiger partial charge in [0.1, 0.15) is 5.65 Å². The summed E-state index contributed by atoms with van der Waals surface area (Å²) >= 11 is 0. The van der Waals surface area contributed by atoms with Gasteiger partial charge in [0.2, 0.25) is 5.91 Å². The summed E-state index contributed by atoms with van der Waals surface area (Å²) < 4.78 is 2.09. The number of nitrogens with zero attached hydrogens (tertiary/aromatic N) is 4. The molecule has 1 saturated heterocycles. The largest absolute Gasteiger partial charge is 0.338 e. The molecule has 0 unspecified atom stereocenters. The quantitative estimate of drug-likeness (QED) is 0.339. The lowest BCUT2D eigenvalue weighted by Crippen LogP contribution is -2.52. The van der Waals surface area contributed by atoms with Crippen molar-refractivity contribution in [1.82, 2.24) is 14.5 Å². The smallest absolute Gasteiger partial charge is 0.223 e. The third-order valence-corrected chi connectivity index (χ3v) is 9.15. The predicted molar refractivity (Wildman–Crippen MR) is 154 cm³/mol. The van der Waals surface area contributed by atoms with E-state index in [1.165, 1.54) is 37.7 Å². The highest BCUT2D eigenvalue weighted by Crippen LogP contribution is 2.42. The number of hydrogen-bond acceptors (Lipinski definition) is 4. The van der Waals surface area contributed by atoms with Crippen molar-refractivity contribution in [1.29, 1.82) is 5.26 Å². The molecule has 3 heterocycles. The standard InChI is InChI=1S/C33H40N4O2/c1-22-27(17-29(38)25-12-8-11-24(15-25)19-34)20-35-32-31(22)28(21-36(32)4)26-13-14-37(33(2,3)18-26)30(39)16-23-9-6-5-7-10-23/h8,11-12,15,20-21,23,26H,5-7,9-10,13-14,16-18H2,1-4H3/t26-/m1/s1. The molecular formula is C33H40N4O2. The SMILES string of the molecule is Cc1c(CC(=O)c2cccc(C#N)c2)cnc2c1c([C@@H]1CCN(C(=O)CC3CCCCC3)C(C)(C)C1)cn2C. The summed E-state index contributed by atoms with van der Waals surface area (Å²) in [4.78, 5) is 33.4. The minimum atomic E-state index is -0.211. The maximum atomic E-state index is 13.4. The first-order valence-electron chi connectivity index (χ1n) is 14.4. The number of nitriles is 1. The van der Waals surface area contributed by atoms with Crippen LogP contribution < -0.4 is 0 Å². The van der Waals surface area contributed by atoms with Gasteiger partial charge in [-0.3, -0.25) is 9.59 Å². The van der Waals surface area contributed by atoms with E-state index in [0.717, 1.165) is 41.5 Å². The van der Waals surface area contributed by atoms with Crippen LogP contribution in [0.5, 0.6) is 0 Å². The van der Waals surface area contributed by atoms with Crippen LogP contribution in [-0.2, 0) is 18.3 Å². The molecule has 2 aliphatic rings. The zero-order valence-electron chi connectivity index (χ0n) is 23.8. The number of pyridine rings is 1. The molecule has 2 fully saturated rings. The van der Waals surface area contributed by atoms with Crippen molar-refractivity contribution in [2.45, 2.75) is 90.0 Å². The Kier molecular flexibility index (Phi) is 7.62. The molecule has 1 aliphatic heterocycles. The van der Waals surface area contributed by atoms with Crippen LogP contribution in [0.1, 0.15) is 104 Å². The van der Waals surface area contributed by atoms with Crippen molar-refractivity contribution in [2.75, 3.05) is 6.54 Å². The van der Waals surface area contributed by atoms with E-state index >= 15 is 0 Å². The second kappa shape index (κ2) is 11.0. The molecule has 1 atom stereocenters. The lowest BCUT2D eigenvalue weighted by molar-refractivity contribution is -0.140. The molecule has 0 N–H and O–H groups in total. The topological polar surface area (TPSA) is 79.0 Å². The highest BCUT2D eigenvalue weighted by Gasteiger charge is 2.39. The number of rotatable bonds is 6. The fourth-order valence-corrected chi connectivity index (χ4v) is 6.98. The molecule has 1 amide bonds. The molecule has 1 saturated carbocycles. The van der Waals surface area contributed by atoms with E-state index in [9.17, 15) is 14.9 Å². The number of fused-ring (bicyclic) bond motifs is 1. The Morgan fingerprint density at radius 1 is 1.15 bits per heavy atom. The Hall–Kier alpha value is -3.46. The van der Waals surface area contributed by atoms with E-state index in [1.54, 1.807) is 24.3 Å². The molecular weight excluding hydrogens is 484 g/mol. The second-order valence-electron chi connectivity index (χ2n) is 12.4. The average molecular weight is 525 g/mol. The van der Waals surface area contributed by atoms with Gasteiger partial charge in [0.05, 0.1) is 11.6 Å². The first-order valence-corrected chi connectivity index (χ1v) is 14.4. The van der Waals surface area contributed by atoms with Crippen LogP contribution in [0.15, 0.2) is 36.7 Å². The minimum Gasteiger partial charge on any atom is -0.338 e. The molecule has 6 nitrogen and oxygen atoms in total. The molecule has 204 valence electrons. The zero-order valence-corrected chi connectivity index (χ0v) is 23.8. The number of hydrogen-bond donors (Lipinski definition) is 0. The van der Waals surface area contributed by atoms with Gasteiger partial charge in [-0.05, 0) is 87.1 Å². The second-order valence-corrected chi connectivity index (χ2v) is 12.4. The molecule has 5 rings (SSSR count). The van der Waals surface area contributed by atoms with Gasteiger partial charge in [0.15, 0.2) is 5.78 Å². The number of amides is 1. The van der Waals surface area contributed by atoms with E-state index in [-0.39, 0.29) is 17.7 Å². The van der Waals surface area contributed by atoms with Crippen molar-refractivity contribution in [3.63, 3.8) is 0 Å². The van der Waals surface area contributed by atoms with Gasteiger partial charge < -0.3 is 9.47 Å². The first-order chi connectivity index (χ1) is 18.7. The van der Waals surface area contributed by atoms with Crippen LogP contribution in [0.3, 0.4) is 0 Å². The number of carbonyl (C=O) groups excluding carboxylic acids is 2. The zero-order chi connectivity index (χ0) is 27.7. The maximum Gasteiger partial charge on any atom is 0.223 e. The fourth-order valence-electron chi connectivity index (χ4n) is 6.98. The summed E-state index contributed by atoms with van der Waals surface area (Å²) in [6, 6.07) is 9.00. The van der Waals surface area contributed by atoms with Crippen LogP contribution in [0, 0.1) is 24.2 Å². The minimum absolute atomic E-state index is 0.0141. The number of likely N-dealkylation sites (tertiary alicyclic amines) is 1. The van der Waals surface area contributed by atoms with E-state index < -0.39 is 0 Å². The summed E-state index contributed by atoms with van der Waals surface area (Å²) in [6.45, 7) is 7.30. The summed E-state index contributed by atoms with van der Waals surface area (Å²) in [7, 11) is 2.03. The number of carbonyl (C=O) groups is 2. The monoisotopic (exact) mass is 524 g/mol. The maximum absolute atomic E-state index is 13.4. The number of benzene rings is 1. The van der Waals surface area contributed by atoms with Crippen molar-refractivity contribution in [2.24, 2.45) is 13.0 Å². The van der Waals surface area contributed by atoms with Crippen molar-refractivity contribution >= 4 is 22.7 Å². The molecule has 6 heteroatoms. The normalized spacial score (nSPS) is 19.7. The van der Waals surface area contributed by atoms with Crippen molar-refractivity contribution in [3.8, 4) is 6.07 Å². The Morgan fingerprint density at radius 3 is 2.64 bits per heavy atom. The number of aryl methyl sites for hydroxylation is 2. The molecule has 1 aliphatic carbocycles. The molecule has 0 radical (unpaired) electrons. The number of piperidine rings is 1. The van der Waals surface area contributed by atoms with Gasteiger partial charge in [-0.15, -0.1) is 0 Å². The lowest BCUT2D eigenvalue weighted by Gasteiger charge is -2.46. The highest BCUT2D eigenvalue weighted by molar-refractivity contribution is 5.98. The molecule has 1 aromatic carbocycles. The van der Waals surface area contributed by atoms with Crippen LogP contribution in [0.2, 0.25) is 0 Å². The Balaban J connectivity index is 1.37. The van der Waals surface area contributed by atoms with Crippen molar-refractivity contribution < 1.29 is 9.59 Å². The third kappa shape index (κ3) is 5.50. The Bertz CT molecular complexity index is 1440. The van der Waals surface area contributed by atoms with Gasteiger partial charge >= 0.3 is 0 Å². The van der Waals surface area contributed by atoms with E-state index in [2.05, 4.69) is 42.5 Å². The molecule has 3 aromatic rings. The third-order valence-electron chi connectivity index (χ3n) is 9.15. The summed E-state index contributed by atoms with van der Waals surface area (Å²) in [6.07, 6.45) is 13.0. The highest BCUT2D eigenvalue weighted by atomic mass is 16.2. The van der Waals surface area contributed by atoms with Gasteiger partial charge in [-0.2, -0.15) is 5.26 Å². The van der Waals surface area contributed by atoms with Crippen molar-refractivity contribution in [3.05, 3.63) is 64.5 Å². The molecule has 39 heavy (non-hydrogen) atoms. The van der Waals surface area contributed by atoms with Gasteiger partial charge in [0, 0.05) is 55.3 Å². The van der Waals surface area contributed by atoms with Crippen LogP contribution >= 0.6 is 0 Å². The first kappa shape index (κ1) is 27.1. The molecule has 0 spiro atoms. The molecule has 2 aromatic heterocycles. The Morgan fingerprint density at radius 2 is 1.92 bits per heavy atom. The van der Waals surface area contributed by atoms with E-state index in [1.807, 2.05) is 13.2 Å². The fraction of sp³-hybridized carbons (Fsp3) is 0.515. The molecule has 0 bridgehead atoms. The number of ketones is 1. The van der Waals surface area contributed by atoms with E-state index in [0.29, 0.717) is 35.3 Å². The summed E-state index contributed by atoms with van der Waals surface area (Å²) in [5.41, 5.74) is 5.04.